The first kappa shape index (κ1) is 25.4. The van der Waals surface area contributed by atoms with Gasteiger partial charge in [-0.3, -0.25) is 9.10 Å². The van der Waals surface area contributed by atoms with Crippen LogP contribution >= 0.6 is 11.6 Å². The summed E-state index contributed by atoms with van der Waals surface area (Å²) in [4.78, 5) is 13.4. The minimum Gasteiger partial charge on any atom is -0.495 e. The van der Waals surface area contributed by atoms with Gasteiger partial charge in [-0.05, 0) is 73.4 Å². The molecule has 0 aliphatic heterocycles. The van der Waals surface area contributed by atoms with E-state index in [1.165, 1.54) is 37.1 Å². The van der Waals surface area contributed by atoms with Gasteiger partial charge in [0.1, 0.15) is 11.8 Å². The molecule has 33 heavy (non-hydrogen) atoms. The van der Waals surface area contributed by atoms with Crippen LogP contribution in [0.3, 0.4) is 0 Å². The Morgan fingerprint density at radius 3 is 2.36 bits per heavy atom. The third-order valence-electron chi connectivity index (χ3n) is 6.22. The highest BCUT2D eigenvalue weighted by atomic mass is 35.5. The van der Waals surface area contributed by atoms with Crippen LogP contribution in [0.2, 0.25) is 5.02 Å². The SMILES string of the molecule is CC[C@H](NC(=O)[C@@H](CC)N(c1ccc(OC)c(Cl)c1)S(C)(=O)=O)c1ccc2c(c1)CCCC2. The highest BCUT2D eigenvalue weighted by Gasteiger charge is 2.33. The zero-order chi connectivity index (χ0) is 24.2. The van der Waals surface area contributed by atoms with E-state index >= 15 is 0 Å². The monoisotopic (exact) mass is 492 g/mol. The molecular weight excluding hydrogens is 460 g/mol. The Kier molecular flexibility index (Phi) is 8.29. The van der Waals surface area contributed by atoms with Gasteiger partial charge >= 0.3 is 0 Å². The van der Waals surface area contributed by atoms with Crippen LogP contribution in [0.5, 0.6) is 5.75 Å². The molecule has 0 unspecified atom stereocenters. The minimum absolute atomic E-state index is 0.195. The molecule has 8 heteroatoms. The molecule has 2 aromatic carbocycles. The molecule has 0 saturated carbocycles. The average molecular weight is 493 g/mol. The lowest BCUT2D eigenvalue weighted by Gasteiger charge is -2.32. The van der Waals surface area contributed by atoms with Crippen LogP contribution in [0.15, 0.2) is 36.4 Å². The predicted octanol–water partition coefficient (Wildman–Crippen LogP) is 5.04. The fourth-order valence-electron chi connectivity index (χ4n) is 4.51. The lowest BCUT2D eigenvalue weighted by molar-refractivity contribution is -0.123. The standard InChI is InChI=1S/C25H33ClN2O4S/c1-5-22(19-12-11-17-9-7-8-10-18(17)15-19)27-25(29)23(6-2)28(33(4,30)31)20-13-14-24(32-3)21(26)16-20/h11-16,22-23H,5-10H2,1-4H3,(H,27,29)/t22-,23+/m0/s1. The van der Waals surface area contributed by atoms with E-state index < -0.39 is 16.1 Å². The number of amides is 1. The number of hydrogen-bond donors (Lipinski definition) is 1. The predicted molar refractivity (Wildman–Crippen MR) is 134 cm³/mol. The average Bonchev–Trinajstić information content (AvgIpc) is 2.79. The van der Waals surface area contributed by atoms with Crippen molar-refractivity contribution in [2.75, 3.05) is 17.7 Å². The topological polar surface area (TPSA) is 75.7 Å². The van der Waals surface area contributed by atoms with Crippen LogP contribution in [0.4, 0.5) is 5.69 Å². The van der Waals surface area contributed by atoms with Gasteiger partial charge in [-0.2, -0.15) is 0 Å². The summed E-state index contributed by atoms with van der Waals surface area (Å²) >= 11 is 6.25. The van der Waals surface area contributed by atoms with Crippen LogP contribution in [-0.2, 0) is 27.7 Å². The van der Waals surface area contributed by atoms with E-state index in [0.29, 0.717) is 24.3 Å². The van der Waals surface area contributed by atoms with Gasteiger partial charge in [0, 0.05) is 0 Å². The molecule has 1 N–H and O–H groups in total. The first-order valence-electron chi connectivity index (χ1n) is 11.4. The van der Waals surface area contributed by atoms with E-state index in [9.17, 15) is 13.2 Å². The molecule has 0 aromatic heterocycles. The summed E-state index contributed by atoms with van der Waals surface area (Å²) in [7, 11) is -2.27. The van der Waals surface area contributed by atoms with Crippen LogP contribution in [0.1, 0.15) is 62.3 Å². The minimum atomic E-state index is -3.76. The maximum absolute atomic E-state index is 13.4. The Balaban J connectivity index is 1.89. The van der Waals surface area contributed by atoms with E-state index in [0.717, 1.165) is 29.0 Å². The molecule has 0 saturated heterocycles. The Morgan fingerprint density at radius 2 is 1.79 bits per heavy atom. The van der Waals surface area contributed by atoms with E-state index in [-0.39, 0.29) is 17.0 Å². The number of carbonyl (C=O) groups is 1. The van der Waals surface area contributed by atoms with Crippen molar-refractivity contribution < 1.29 is 17.9 Å². The molecule has 0 spiro atoms. The smallest absolute Gasteiger partial charge is 0.244 e. The second-order valence-corrected chi connectivity index (χ2v) is 10.8. The molecule has 1 amide bonds. The number of carbonyl (C=O) groups excluding carboxylic acids is 1. The second kappa shape index (κ2) is 10.8. The molecule has 0 bridgehead atoms. The van der Waals surface area contributed by atoms with E-state index in [4.69, 9.17) is 16.3 Å². The highest BCUT2D eigenvalue weighted by molar-refractivity contribution is 7.92. The van der Waals surface area contributed by atoms with Gasteiger partial charge in [0.2, 0.25) is 15.9 Å². The number of anilines is 1. The maximum Gasteiger partial charge on any atom is 0.244 e. The molecular formula is C25H33ClN2O4S. The second-order valence-electron chi connectivity index (χ2n) is 8.51. The summed E-state index contributed by atoms with van der Waals surface area (Å²) in [6.45, 7) is 3.82. The normalized spacial score (nSPS) is 15.3. The zero-order valence-corrected chi connectivity index (χ0v) is 21.3. The summed E-state index contributed by atoms with van der Waals surface area (Å²) in [6, 6.07) is 10.1. The van der Waals surface area contributed by atoms with E-state index in [1.807, 2.05) is 6.92 Å². The number of fused-ring (bicyclic) bond motifs is 1. The van der Waals surface area contributed by atoms with Crippen molar-refractivity contribution in [2.45, 2.75) is 64.5 Å². The largest absolute Gasteiger partial charge is 0.495 e. The van der Waals surface area contributed by atoms with Gasteiger partial charge in [-0.25, -0.2) is 8.42 Å². The van der Waals surface area contributed by atoms with Crippen LogP contribution in [-0.4, -0.2) is 33.7 Å². The summed E-state index contributed by atoms with van der Waals surface area (Å²) in [5.74, 6) is 0.101. The van der Waals surface area contributed by atoms with E-state index in [2.05, 4.69) is 23.5 Å². The van der Waals surface area contributed by atoms with Gasteiger partial charge in [0.25, 0.3) is 0 Å². The first-order valence-corrected chi connectivity index (χ1v) is 13.7. The number of sulfonamides is 1. The first-order chi connectivity index (χ1) is 15.7. The van der Waals surface area contributed by atoms with Crippen molar-refractivity contribution in [3.05, 3.63) is 58.1 Å². The fourth-order valence-corrected chi connectivity index (χ4v) is 5.97. The lowest BCUT2D eigenvalue weighted by Crippen LogP contribution is -2.50. The fraction of sp³-hybridized carbons (Fsp3) is 0.480. The third-order valence-corrected chi connectivity index (χ3v) is 7.69. The Morgan fingerprint density at radius 1 is 1.09 bits per heavy atom. The summed E-state index contributed by atoms with van der Waals surface area (Å²) in [6.07, 6.45) is 6.68. The molecule has 3 rings (SSSR count). The highest BCUT2D eigenvalue weighted by Crippen LogP contribution is 2.32. The summed E-state index contributed by atoms with van der Waals surface area (Å²) in [5.41, 5.74) is 4.12. The Hall–Kier alpha value is -2.25. The number of ether oxygens (including phenoxy) is 1. The van der Waals surface area contributed by atoms with Crippen molar-refractivity contribution in [2.24, 2.45) is 0 Å². The van der Waals surface area contributed by atoms with Gasteiger partial charge in [0.15, 0.2) is 0 Å². The lowest BCUT2D eigenvalue weighted by atomic mass is 9.88. The maximum atomic E-state index is 13.4. The molecule has 6 nitrogen and oxygen atoms in total. The number of rotatable bonds is 9. The van der Waals surface area contributed by atoms with Crippen molar-refractivity contribution in [3.63, 3.8) is 0 Å². The molecule has 2 aromatic rings. The van der Waals surface area contributed by atoms with Gasteiger partial charge < -0.3 is 10.1 Å². The van der Waals surface area contributed by atoms with Crippen molar-refractivity contribution in [1.82, 2.24) is 5.32 Å². The molecule has 1 aliphatic carbocycles. The number of methoxy groups -OCH3 is 1. The van der Waals surface area contributed by atoms with Crippen LogP contribution in [0, 0.1) is 0 Å². The number of hydrogen-bond acceptors (Lipinski definition) is 4. The third kappa shape index (κ3) is 5.82. The molecule has 180 valence electrons. The molecule has 0 fully saturated rings. The number of nitrogens with zero attached hydrogens (tertiary/aromatic N) is 1. The Labute approximate surface area is 202 Å². The molecule has 1 aliphatic rings. The van der Waals surface area contributed by atoms with Crippen molar-refractivity contribution in [1.29, 1.82) is 0 Å². The van der Waals surface area contributed by atoms with Crippen molar-refractivity contribution in [3.8, 4) is 5.75 Å². The Bertz CT molecular complexity index is 1100. The van der Waals surface area contributed by atoms with Gasteiger partial charge in [0.05, 0.1) is 30.1 Å². The number of halogens is 1. The molecule has 0 heterocycles. The number of aryl methyl sites for hydroxylation is 2. The van der Waals surface area contributed by atoms with Crippen LogP contribution < -0.4 is 14.4 Å². The zero-order valence-electron chi connectivity index (χ0n) is 19.7. The molecule has 2 atom stereocenters. The van der Waals surface area contributed by atoms with Crippen molar-refractivity contribution >= 4 is 33.2 Å². The molecule has 0 radical (unpaired) electrons. The van der Waals surface area contributed by atoms with Gasteiger partial charge in [-0.15, -0.1) is 0 Å². The summed E-state index contributed by atoms with van der Waals surface area (Å²) < 4.78 is 31.8. The number of benzene rings is 2. The quantitative estimate of drug-likeness (QED) is 0.532. The van der Waals surface area contributed by atoms with Crippen LogP contribution in [0.25, 0.3) is 0 Å². The summed E-state index contributed by atoms with van der Waals surface area (Å²) in [5, 5.41) is 3.37. The van der Waals surface area contributed by atoms with E-state index in [1.54, 1.807) is 19.1 Å². The number of nitrogens with one attached hydrogen (secondary N) is 1. The van der Waals surface area contributed by atoms with Gasteiger partial charge in [-0.1, -0.05) is 43.6 Å².